The van der Waals surface area contributed by atoms with E-state index < -0.39 is 10.0 Å². The Morgan fingerprint density at radius 2 is 2.00 bits per heavy atom. The summed E-state index contributed by atoms with van der Waals surface area (Å²) in [5, 5.41) is 0. The fourth-order valence-electron chi connectivity index (χ4n) is 4.13. The monoisotopic (exact) mass is 445 g/mol. The standard InChI is InChI=1S/C21H27N5O4S/c1-24(2)21-22-18(13-19(27)23-21)16-8-10-25(14-16)20(28)15-6-5-7-17(12-15)26-9-3-4-11-31(26,29)30/h5-7,12-13,16H,3-4,8-11,14H2,1-2H3,(H,22,23,27). The molecule has 2 aliphatic heterocycles. The zero-order chi connectivity index (χ0) is 22.2. The van der Waals surface area contributed by atoms with Gasteiger partial charge in [0.1, 0.15) is 0 Å². The van der Waals surface area contributed by atoms with Gasteiger partial charge in [0.15, 0.2) is 0 Å². The first-order chi connectivity index (χ1) is 14.7. The van der Waals surface area contributed by atoms with Crippen molar-refractivity contribution in [1.82, 2.24) is 14.9 Å². The van der Waals surface area contributed by atoms with Crippen molar-refractivity contribution in [1.29, 1.82) is 0 Å². The second kappa shape index (κ2) is 8.33. The fraction of sp³-hybridized carbons (Fsp3) is 0.476. The lowest BCUT2D eigenvalue weighted by Gasteiger charge is -2.28. The number of benzene rings is 1. The Hall–Kier alpha value is -2.88. The third kappa shape index (κ3) is 4.43. The molecular formula is C21H27N5O4S. The van der Waals surface area contributed by atoms with E-state index in [2.05, 4.69) is 9.97 Å². The van der Waals surface area contributed by atoms with Gasteiger partial charge < -0.3 is 9.80 Å². The first-order valence-electron chi connectivity index (χ1n) is 10.4. The van der Waals surface area contributed by atoms with Crippen LogP contribution in [0.1, 0.15) is 41.2 Å². The van der Waals surface area contributed by atoms with Gasteiger partial charge in [-0.05, 0) is 37.5 Å². The molecule has 0 spiro atoms. The van der Waals surface area contributed by atoms with Crippen molar-refractivity contribution in [2.75, 3.05) is 48.7 Å². The highest BCUT2D eigenvalue weighted by Gasteiger charge is 2.31. The Labute approximate surface area is 181 Å². The van der Waals surface area contributed by atoms with E-state index in [0.29, 0.717) is 48.9 Å². The van der Waals surface area contributed by atoms with E-state index in [1.807, 2.05) is 14.1 Å². The summed E-state index contributed by atoms with van der Waals surface area (Å²) in [6.07, 6.45) is 2.19. The quantitative estimate of drug-likeness (QED) is 0.762. The molecule has 0 radical (unpaired) electrons. The molecule has 10 heteroatoms. The fourth-order valence-corrected chi connectivity index (χ4v) is 5.76. The molecule has 9 nitrogen and oxygen atoms in total. The molecule has 4 rings (SSSR count). The topological polar surface area (TPSA) is 107 Å². The van der Waals surface area contributed by atoms with Crippen LogP contribution in [-0.2, 0) is 10.0 Å². The van der Waals surface area contributed by atoms with E-state index in [1.165, 1.54) is 10.4 Å². The molecule has 1 amide bonds. The van der Waals surface area contributed by atoms with E-state index in [0.717, 1.165) is 12.8 Å². The molecule has 0 bridgehead atoms. The second-order valence-electron chi connectivity index (χ2n) is 8.27. The largest absolute Gasteiger partial charge is 0.348 e. The number of aromatic nitrogens is 2. The van der Waals surface area contributed by atoms with Gasteiger partial charge in [-0.25, -0.2) is 13.4 Å². The first kappa shape index (κ1) is 21.4. The number of hydrogen-bond acceptors (Lipinski definition) is 6. The first-order valence-corrected chi connectivity index (χ1v) is 12.0. The van der Waals surface area contributed by atoms with E-state index in [9.17, 15) is 18.0 Å². The molecule has 3 heterocycles. The average molecular weight is 446 g/mol. The Balaban J connectivity index is 1.52. The number of H-pyrrole nitrogens is 1. The van der Waals surface area contributed by atoms with E-state index >= 15 is 0 Å². The van der Waals surface area contributed by atoms with E-state index in [4.69, 9.17) is 0 Å². The highest BCUT2D eigenvalue weighted by atomic mass is 32.2. The second-order valence-corrected chi connectivity index (χ2v) is 10.3. The van der Waals surface area contributed by atoms with Crippen molar-refractivity contribution in [2.45, 2.75) is 25.2 Å². The smallest absolute Gasteiger partial charge is 0.253 e. The molecule has 0 saturated carbocycles. The van der Waals surface area contributed by atoms with Crippen LogP contribution in [0.15, 0.2) is 35.1 Å². The lowest BCUT2D eigenvalue weighted by Crippen LogP contribution is -2.38. The van der Waals surface area contributed by atoms with Gasteiger partial charge in [0.25, 0.3) is 11.5 Å². The SMILES string of the molecule is CN(C)c1nc(C2CCN(C(=O)c3cccc(N4CCCCS4(=O)=O)c3)C2)cc(=O)[nH]1. The van der Waals surface area contributed by atoms with Crippen LogP contribution in [0.25, 0.3) is 0 Å². The van der Waals surface area contributed by atoms with Crippen LogP contribution in [0, 0.1) is 0 Å². The maximum absolute atomic E-state index is 13.1. The highest BCUT2D eigenvalue weighted by Crippen LogP contribution is 2.29. The van der Waals surface area contributed by atoms with Crippen molar-refractivity contribution in [3.05, 3.63) is 51.9 Å². The maximum atomic E-state index is 13.1. The molecule has 2 saturated heterocycles. The lowest BCUT2D eigenvalue weighted by molar-refractivity contribution is 0.0790. The minimum Gasteiger partial charge on any atom is -0.348 e. The number of sulfonamides is 1. The minimum absolute atomic E-state index is 0.0180. The number of carbonyl (C=O) groups excluding carboxylic acids is 1. The third-order valence-electron chi connectivity index (χ3n) is 5.80. The molecule has 1 atom stereocenters. The molecule has 2 aromatic rings. The van der Waals surface area contributed by atoms with Crippen molar-refractivity contribution >= 4 is 27.6 Å². The maximum Gasteiger partial charge on any atom is 0.253 e. The number of nitrogens with one attached hydrogen (secondary N) is 1. The number of anilines is 2. The Morgan fingerprint density at radius 1 is 1.19 bits per heavy atom. The number of hydrogen-bond donors (Lipinski definition) is 1. The summed E-state index contributed by atoms with van der Waals surface area (Å²) < 4.78 is 26.2. The van der Waals surface area contributed by atoms with Crippen LogP contribution in [0.4, 0.5) is 11.6 Å². The molecule has 1 aromatic carbocycles. The van der Waals surface area contributed by atoms with Crippen molar-refractivity contribution in [3.63, 3.8) is 0 Å². The summed E-state index contributed by atoms with van der Waals surface area (Å²) in [7, 11) is 0.281. The number of rotatable bonds is 4. The van der Waals surface area contributed by atoms with Crippen LogP contribution in [0.2, 0.25) is 0 Å². The van der Waals surface area contributed by atoms with Gasteiger partial charge in [0.05, 0.1) is 17.1 Å². The van der Waals surface area contributed by atoms with Crippen LogP contribution in [-0.4, -0.2) is 68.7 Å². The van der Waals surface area contributed by atoms with Gasteiger partial charge in [-0.15, -0.1) is 0 Å². The van der Waals surface area contributed by atoms with Crippen LogP contribution < -0.4 is 14.8 Å². The normalized spacial score (nSPS) is 20.6. The van der Waals surface area contributed by atoms with Gasteiger partial charge in [-0.3, -0.25) is 18.9 Å². The zero-order valence-corrected chi connectivity index (χ0v) is 18.6. The average Bonchev–Trinajstić information content (AvgIpc) is 3.23. The number of nitrogens with zero attached hydrogens (tertiary/aromatic N) is 4. The summed E-state index contributed by atoms with van der Waals surface area (Å²) in [4.78, 5) is 35.8. The Morgan fingerprint density at radius 3 is 2.74 bits per heavy atom. The minimum atomic E-state index is -3.33. The summed E-state index contributed by atoms with van der Waals surface area (Å²) >= 11 is 0. The van der Waals surface area contributed by atoms with Crippen molar-refractivity contribution < 1.29 is 13.2 Å². The highest BCUT2D eigenvalue weighted by molar-refractivity contribution is 7.92. The summed E-state index contributed by atoms with van der Waals surface area (Å²) in [6.45, 7) is 1.46. The summed E-state index contributed by atoms with van der Waals surface area (Å²) in [6, 6.07) is 8.32. The van der Waals surface area contributed by atoms with Crippen molar-refractivity contribution in [3.8, 4) is 0 Å². The lowest BCUT2D eigenvalue weighted by atomic mass is 10.0. The van der Waals surface area contributed by atoms with Gasteiger partial charge in [-0.2, -0.15) is 0 Å². The molecule has 1 unspecified atom stereocenters. The number of aromatic amines is 1. The van der Waals surface area contributed by atoms with Gasteiger partial charge in [-0.1, -0.05) is 6.07 Å². The Kier molecular flexibility index (Phi) is 5.74. The van der Waals surface area contributed by atoms with E-state index in [1.54, 1.807) is 34.1 Å². The van der Waals surface area contributed by atoms with Crippen LogP contribution in [0.3, 0.4) is 0 Å². The number of carbonyl (C=O) groups is 1. The van der Waals surface area contributed by atoms with Crippen LogP contribution >= 0.6 is 0 Å². The van der Waals surface area contributed by atoms with Crippen LogP contribution in [0.5, 0.6) is 0 Å². The zero-order valence-electron chi connectivity index (χ0n) is 17.7. The van der Waals surface area contributed by atoms with E-state index in [-0.39, 0.29) is 23.1 Å². The van der Waals surface area contributed by atoms with Gasteiger partial charge in [0.2, 0.25) is 16.0 Å². The third-order valence-corrected chi connectivity index (χ3v) is 7.67. The predicted octanol–water partition coefficient (Wildman–Crippen LogP) is 1.40. The number of amides is 1. The predicted molar refractivity (Wildman–Crippen MR) is 119 cm³/mol. The molecular weight excluding hydrogens is 418 g/mol. The molecule has 31 heavy (non-hydrogen) atoms. The molecule has 0 aliphatic carbocycles. The molecule has 1 N–H and O–H groups in total. The van der Waals surface area contributed by atoms with Gasteiger partial charge >= 0.3 is 0 Å². The molecule has 1 aromatic heterocycles. The Bertz CT molecular complexity index is 1140. The number of likely N-dealkylation sites (tertiary alicyclic amines) is 1. The van der Waals surface area contributed by atoms with Crippen molar-refractivity contribution in [2.24, 2.45) is 0 Å². The molecule has 2 fully saturated rings. The molecule has 2 aliphatic rings. The summed E-state index contributed by atoms with van der Waals surface area (Å²) in [5.41, 5.74) is 1.46. The molecule has 166 valence electrons. The summed E-state index contributed by atoms with van der Waals surface area (Å²) in [5.74, 6) is 0.465. The van der Waals surface area contributed by atoms with Gasteiger partial charge in [0, 0.05) is 51.3 Å².